The Morgan fingerprint density at radius 1 is 1.10 bits per heavy atom. The molecule has 0 bridgehead atoms. The lowest BCUT2D eigenvalue weighted by Gasteiger charge is -2.27. The first-order chi connectivity index (χ1) is 9.43. The number of carbonyl (C=O) groups excluding carboxylic acids is 1. The number of aldehydes is 1. The second-order valence-corrected chi connectivity index (χ2v) is 6.17. The average Bonchev–Trinajstić information content (AvgIpc) is 2.38. The SMILES string of the molecule is CC(C)CCN(CCC(C)C)c1ccc(F)cc1C=O. The molecular formula is C17H26FNO. The first-order valence-electron chi connectivity index (χ1n) is 7.43. The van der Waals surface area contributed by atoms with Crippen LogP contribution in [0.25, 0.3) is 0 Å². The Kier molecular flexibility index (Phi) is 6.69. The molecule has 0 aliphatic rings. The van der Waals surface area contributed by atoms with Gasteiger partial charge in [-0.3, -0.25) is 4.79 Å². The van der Waals surface area contributed by atoms with E-state index in [-0.39, 0.29) is 5.82 Å². The standard InChI is InChI=1S/C17H26FNO/c1-13(2)7-9-19(10-8-14(3)4)17-6-5-16(18)11-15(17)12-20/h5-6,11-14H,7-10H2,1-4H3. The minimum Gasteiger partial charge on any atom is -0.371 e. The Labute approximate surface area is 122 Å². The summed E-state index contributed by atoms with van der Waals surface area (Å²) in [6.45, 7) is 10.5. The summed E-state index contributed by atoms with van der Waals surface area (Å²) in [6, 6.07) is 4.47. The highest BCUT2D eigenvalue weighted by atomic mass is 19.1. The van der Waals surface area contributed by atoms with Gasteiger partial charge in [0, 0.05) is 24.3 Å². The van der Waals surface area contributed by atoms with Crippen LogP contribution in [-0.2, 0) is 0 Å². The van der Waals surface area contributed by atoms with Gasteiger partial charge in [0.15, 0.2) is 6.29 Å². The van der Waals surface area contributed by atoms with Crippen LogP contribution in [0.5, 0.6) is 0 Å². The van der Waals surface area contributed by atoms with Crippen molar-refractivity contribution in [1.82, 2.24) is 0 Å². The van der Waals surface area contributed by atoms with Crippen LogP contribution >= 0.6 is 0 Å². The van der Waals surface area contributed by atoms with Gasteiger partial charge >= 0.3 is 0 Å². The van der Waals surface area contributed by atoms with E-state index in [0.717, 1.165) is 37.9 Å². The van der Waals surface area contributed by atoms with E-state index in [2.05, 4.69) is 32.6 Å². The summed E-state index contributed by atoms with van der Waals surface area (Å²) in [5.74, 6) is 0.858. The van der Waals surface area contributed by atoms with Crippen LogP contribution in [0.3, 0.4) is 0 Å². The second-order valence-electron chi connectivity index (χ2n) is 6.17. The molecule has 112 valence electrons. The van der Waals surface area contributed by atoms with E-state index in [0.29, 0.717) is 17.4 Å². The molecule has 0 aliphatic carbocycles. The van der Waals surface area contributed by atoms with Gasteiger partial charge in [0.2, 0.25) is 0 Å². The second kappa shape index (κ2) is 8.03. The molecule has 0 radical (unpaired) electrons. The Bertz CT molecular complexity index is 417. The third-order valence-electron chi connectivity index (χ3n) is 3.41. The van der Waals surface area contributed by atoms with Crippen molar-refractivity contribution in [2.24, 2.45) is 11.8 Å². The quantitative estimate of drug-likeness (QED) is 0.651. The van der Waals surface area contributed by atoms with Gasteiger partial charge in [-0.05, 0) is 42.9 Å². The molecule has 20 heavy (non-hydrogen) atoms. The normalized spacial score (nSPS) is 11.2. The molecule has 2 nitrogen and oxygen atoms in total. The number of rotatable bonds is 8. The predicted octanol–water partition coefficient (Wildman–Crippen LogP) is 4.54. The molecule has 0 aliphatic heterocycles. The van der Waals surface area contributed by atoms with Crippen molar-refractivity contribution in [2.75, 3.05) is 18.0 Å². The maximum absolute atomic E-state index is 13.2. The molecule has 0 unspecified atom stereocenters. The summed E-state index contributed by atoms with van der Waals surface area (Å²) in [7, 11) is 0. The van der Waals surface area contributed by atoms with E-state index in [9.17, 15) is 9.18 Å². The first kappa shape index (κ1) is 16.7. The Hall–Kier alpha value is -1.38. The van der Waals surface area contributed by atoms with Gasteiger partial charge < -0.3 is 4.90 Å². The van der Waals surface area contributed by atoms with Gasteiger partial charge in [-0.25, -0.2) is 4.39 Å². The van der Waals surface area contributed by atoms with Crippen LogP contribution in [0.15, 0.2) is 18.2 Å². The molecule has 1 aromatic rings. The molecule has 0 saturated heterocycles. The number of hydrogen-bond acceptors (Lipinski definition) is 2. The third-order valence-corrected chi connectivity index (χ3v) is 3.41. The molecule has 0 spiro atoms. The van der Waals surface area contributed by atoms with Gasteiger partial charge in [0.05, 0.1) is 0 Å². The highest BCUT2D eigenvalue weighted by Crippen LogP contribution is 2.22. The molecule has 0 saturated carbocycles. The number of nitrogens with zero attached hydrogens (tertiary/aromatic N) is 1. The van der Waals surface area contributed by atoms with Crippen LogP contribution in [0.4, 0.5) is 10.1 Å². The van der Waals surface area contributed by atoms with Gasteiger partial charge in [0.1, 0.15) is 5.82 Å². The van der Waals surface area contributed by atoms with E-state index in [1.165, 1.54) is 12.1 Å². The molecule has 1 aromatic carbocycles. The first-order valence-corrected chi connectivity index (χ1v) is 7.43. The highest BCUT2D eigenvalue weighted by Gasteiger charge is 2.13. The van der Waals surface area contributed by atoms with Gasteiger partial charge in [-0.1, -0.05) is 27.7 Å². The lowest BCUT2D eigenvalue weighted by Crippen LogP contribution is -2.28. The average molecular weight is 279 g/mol. The zero-order chi connectivity index (χ0) is 15.1. The van der Waals surface area contributed by atoms with E-state index in [1.54, 1.807) is 6.07 Å². The molecule has 0 heterocycles. The van der Waals surface area contributed by atoms with Crippen LogP contribution in [0.1, 0.15) is 50.9 Å². The molecule has 3 heteroatoms. The van der Waals surface area contributed by atoms with Crippen molar-refractivity contribution < 1.29 is 9.18 Å². The summed E-state index contributed by atoms with van der Waals surface area (Å²) >= 11 is 0. The maximum atomic E-state index is 13.2. The van der Waals surface area contributed by atoms with E-state index >= 15 is 0 Å². The number of hydrogen-bond donors (Lipinski definition) is 0. The number of benzene rings is 1. The lowest BCUT2D eigenvalue weighted by molar-refractivity contribution is 0.112. The van der Waals surface area contributed by atoms with Crippen LogP contribution in [0, 0.1) is 17.7 Å². The molecule has 0 amide bonds. The smallest absolute Gasteiger partial charge is 0.152 e. The Morgan fingerprint density at radius 3 is 2.10 bits per heavy atom. The summed E-state index contributed by atoms with van der Waals surface area (Å²) in [5, 5.41) is 0. The minimum atomic E-state index is -0.358. The molecule has 1 rings (SSSR count). The third kappa shape index (κ3) is 5.32. The molecule has 0 atom stereocenters. The van der Waals surface area contributed by atoms with Crippen molar-refractivity contribution in [3.05, 3.63) is 29.6 Å². The zero-order valence-corrected chi connectivity index (χ0v) is 13.0. The maximum Gasteiger partial charge on any atom is 0.152 e. The number of anilines is 1. The summed E-state index contributed by atoms with van der Waals surface area (Å²) in [5.41, 5.74) is 1.29. The molecule has 0 aromatic heterocycles. The van der Waals surface area contributed by atoms with Crippen LogP contribution in [-0.4, -0.2) is 19.4 Å². The van der Waals surface area contributed by atoms with E-state index < -0.39 is 0 Å². The summed E-state index contributed by atoms with van der Waals surface area (Å²) in [6.07, 6.45) is 2.87. The van der Waals surface area contributed by atoms with Gasteiger partial charge in [-0.15, -0.1) is 0 Å². The Balaban J connectivity index is 2.92. The van der Waals surface area contributed by atoms with Crippen LogP contribution < -0.4 is 4.90 Å². The number of carbonyl (C=O) groups is 1. The number of halogens is 1. The summed E-state index contributed by atoms with van der Waals surface area (Å²) < 4.78 is 13.2. The molecule has 0 N–H and O–H groups in total. The topological polar surface area (TPSA) is 20.3 Å². The predicted molar refractivity (Wildman–Crippen MR) is 82.9 cm³/mol. The van der Waals surface area contributed by atoms with Crippen LogP contribution in [0.2, 0.25) is 0 Å². The molecular weight excluding hydrogens is 253 g/mol. The van der Waals surface area contributed by atoms with E-state index in [4.69, 9.17) is 0 Å². The van der Waals surface area contributed by atoms with E-state index in [1.807, 2.05) is 0 Å². The Morgan fingerprint density at radius 2 is 1.65 bits per heavy atom. The fraction of sp³-hybridized carbons (Fsp3) is 0.588. The largest absolute Gasteiger partial charge is 0.371 e. The fourth-order valence-electron chi connectivity index (χ4n) is 2.09. The fourth-order valence-corrected chi connectivity index (χ4v) is 2.09. The molecule has 0 fully saturated rings. The van der Waals surface area contributed by atoms with Crippen molar-refractivity contribution in [3.63, 3.8) is 0 Å². The monoisotopic (exact) mass is 279 g/mol. The van der Waals surface area contributed by atoms with Crippen molar-refractivity contribution >= 4 is 12.0 Å². The zero-order valence-electron chi connectivity index (χ0n) is 13.0. The van der Waals surface area contributed by atoms with Crippen molar-refractivity contribution in [1.29, 1.82) is 0 Å². The van der Waals surface area contributed by atoms with Crippen molar-refractivity contribution in [3.8, 4) is 0 Å². The minimum absolute atomic E-state index is 0.358. The van der Waals surface area contributed by atoms with Gasteiger partial charge in [-0.2, -0.15) is 0 Å². The van der Waals surface area contributed by atoms with Crippen molar-refractivity contribution in [2.45, 2.75) is 40.5 Å². The summed E-state index contributed by atoms with van der Waals surface area (Å²) in [4.78, 5) is 13.4. The lowest BCUT2D eigenvalue weighted by atomic mass is 10.1. The van der Waals surface area contributed by atoms with Gasteiger partial charge in [0.25, 0.3) is 0 Å². The highest BCUT2D eigenvalue weighted by molar-refractivity contribution is 5.84.